The van der Waals surface area contributed by atoms with E-state index in [1.807, 2.05) is 24.3 Å². The SMILES string of the molecule is O=C=NCCCc1cccc(Cl)c1. The Labute approximate surface area is 82.3 Å². The largest absolute Gasteiger partial charge is 0.234 e. The molecule has 0 spiro atoms. The van der Waals surface area contributed by atoms with E-state index in [0.29, 0.717) is 6.54 Å². The molecule has 0 aromatic heterocycles. The molecule has 0 aliphatic heterocycles. The van der Waals surface area contributed by atoms with Crippen molar-refractivity contribution in [1.29, 1.82) is 0 Å². The second-order valence-electron chi connectivity index (χ2n) is 2.71. The van der Waals surface area contributed by atoms with Crippen molar-refractivity contribution in [1.82, 2.24) is 0 Å². The van der Waals surface area contributed by atoms with Crippen molar-refractivity contribution >= 4 is 17.7 Å². The number of isocyanates is 1. The molecule has 1 rings (SSSR count). The van der Waals surface area contributed by atoms with Crippen LogP contribution in [-0.4, -0.2) is 12.6 Å². The van der Waals surface area contributed by atoms with Crippen molar-refractivity contribution in [3.05, 3.63) is 34.9 Å². The van der Waals surface area contributed by atoms with Crippen LogP contribution in [0.1, 0.15) is 12.0 Å². The van der Waals surface area contributed by atoms with Gasteiger partial charge in [0.05, 0.1) is 6.54 Å². The van der Waals surface area contributed by atoms with Gasteiger partial charge in [0.15, 0.2) is 0 Å². The first-order valence-electron chi connectivity index (χ1n) is 4.11. The highest BCUT2D eigenvalue weighted by Gasteiger charge is 1.93. The van der Waals surface area contributed by atoms with Gasteiger partial charge in [-0.3, -0.25) is 0 Å². The molecular formula is C10H10ClNO. The molecule has 0 radical (unpaired) electrons. The van der Waals surface area contributed by atoms with E-state index < -0.39 is 0 Å². The molecule has 0 amide bonds. The summed E-state index contributed by atoms with van der Waals surface area (Å²) in [7, 11) is 0. The van der Waals surface area contributed by atoms with Gasteiger partial charge in [-0.2, -0.15) is 0 Å². The van der Waals surface area contributed by atoms with Crippen molar-refractivity contribution in [2.45, 2.75) is 12.8 Å². The molecule has 1 aromatic rings. The van der Waals surface area contributed by atoms with Crippen LogP contribution in [0.15, 0.2) is 29.3 Å². The molecule has 0 N–H and O–H groups in total. The Morgan fingerprint density at radius 2 is 2.31 bits per heavy atom. The average molecular weight is 196 g/mol. The summed E-state index contributed by atoms with van der Waals surface area (Å²) in [5.74, 6) is 0. The van der Waals surface area contributed by atoms with Gasteiger partial charge in [0.2, 0.25) is 6.08 Å². The zero-order valence-electron chi connectivity index (χ0n) is 7.16. The number of aliphatic imine (C=N–C) groups is 1. The minimum absolute atomic E-state index is 0.538. The summed E-state index contributed by atoms with van der Waals surface area (Å²) in [6.45, 7) is 0.538. The van der Waals surface area contributed by atoms with Crippen LogP contribution in [0.5, 0.6) is 0 Å². The zero-order chi connectivity index (χ0) is 9.52. The summed E-state index contributed by atoms with van der Waals surface area (Å²) in [5, 5.41) is 0.747. The summed E-state index contributed by atoms with van der Waals surface area (Å²) in [6, 6.07) is 7.69. The first kappa shape index (κ1) is 9.97. The molecule has 3 heteroatoms. The first-order chi connectivity index (χ1) is 6.33. The summed E-state index contributed by atoms with van der Waals surface area (Å²) in [5.41, 5.74) is 1.17. The topological polar surface area (TPSA) is 29.4 Å². The molecule has 68 valence electrons. The molecule has 0 unspecified atom stereocenters. The maximum absolute atomic E-state index is 9.76. The Kier molecular flexibility index (Phi) is 4.24. The molecule has 0 saturated carbocycles. The van der Waals surface area contributed by atoms with E-state index in [0.717, 1.165) is 17.9 Å². The molecule has 0 atom stereocenters. The minimum Gasteiger partial charge on any atom is -0.211 e. The Morgan fingerprint density at radius 1 is 1.46 bits per heavy atom. The number of halogens is 1. The zero-order valence-corrected chi connectivity index (χ0v) is 7.92. The van der Waals surface area contributed by atoms with Crippen molar-refractivity contribution < 1.29 is 4.79 Å². The van der Waals surface area contributed by atoms with Crippen LogP contribution >= 0.6 is 11.6 Å². The third-order valence-corrected chi connectivity index (χ3v) is 1.92. The standard InChI is InChI=1S/C10H10ClNO/c11-10-5-1-3-9(7-10)4-2-6-12-8-13/h1,3,5,7H,2,4,6H2. The Morgan fingerprint density at radius 3 is 3.00 bits per heavy atom. The van der Waals surface area contributed by atoms with E-state index >= 15 is 0 Å². The van der Waals surface area contributed by atoms with E-state index in [1.54, 1.807) is 0 Å². The number of aryl methyl sites for hydroxylation is 1. The summed E-state index contributed by atoms with van der Waals surface area (Å²) < 4.78 is 0. The predicted molar refractivity (Wildman–Crippen MR) is 52.8 cm³/mol. The smallest absolute Gasteiger partial charge is 0.211 e. The van der Waals surface area contributed by atoms with Crippen molar-refractivity contribution in [2.24, 2.45) is 4.99 Å². The fourth-order valence-corrected chi connectivity index (χ4v) is 1.31. The maximum Gasteiger partial charge on any atom is 0.234 e. The van der Waals surface area contributed by atoms with Crippen molar-refractivity contribution in [3.63, 3.8) is 0 Å². The Bertz CT molecular complexity index is 318. The minimum atomic E-state index is 0.538. The first-order valence-corrected chi connectivity index (χ1v) is 4.49. The van der Waals surface area contributed by atoms with Crippen molar-refractivity contribution in [3.8, 4) is 0 Å². The van der Waals surface area contributed by atoms with Gasteiger partial charge in [0, 0.05) is 5.02 Å². The molecule has 0 heterocycles. The van der Waals surface area contributed by atoms with E-state index in [4.69, 9.17) is 11.6 Å². The van der Waals surface area contributed by atoms with Gasteiger partial charge < -0.3 is 0 Å². The van der Waals surface area contributed by atoms with Gasteiger partial charge >= 0.3 is 0 Å². The fraction of sp³-hybridized carbons (Fsp3) is 0.300. The monoisotopic (exact) mass is 195 g/mol. The average Bonchev–Trinajstić information content (AvgIpc) is 2.13. The van der Waals surface area contributed by atoms with Gasteiger partial charge in [-0.15, -0.1) is 0 Å². The molecule has 0 aliphatic rings. The van der Waals surface area contributed by atoms with Crippen LogP contribution in [0.3, 0.4) is 0 Å². The lowest BCUT2D eigenvalue weighted by atomic mass is 10.1. The van der Waals surface area contributed by atoms with E-state index in [-0.39, 0.29) is 0 Å². The second-order valence-corrected chi connectivity index (χ2v) is 3.14. The fourth-order valence-electron chi connectivity index (χ4n) is 1.10. The molecule has 0 aliphatic carbocycles. The molecule has 0 fully saturated rings. The highest BCUT2D eigenvalue weighted by molar-refractivity contribution is 6.30. The molecule has 1 aromatic carbocycles. The van der Waals surface area contributed by atoms with Crippen LogP contribution in [0.25, 0.3) is 0 Å². The molecular weight excluding hydrogens is 186 g/mol. The lowest BCUT2D eigenvalue weighted by molar-refractivity contribution is 0.562. The highest BCUT2D eigenvalue weighted by atomic mass is 35.5. The Balaban J connectivity index is 2.40. The predicted octanol–water partition coefficient (Wildman–Crippen LogP) is 2.61. The molecule has 0 bridgehead atoms. The van der Waals surface area contributed by atoms with Gasteiger partial charge in [0.1, 0.15) is 0 Å². The number of rotatable bonds is 4. The number of hydrogen-bond acceptors (Lipinski definition) is 2. The van der Waals surface area contributed by atoms with E-state index in [9.17, 15) is 4.79 Å². The summed E-state index contributed by atoms with van der Waals surface area (Å²) in [4.78, 5) is 13.2. The van der Waals surface area contributed by atoms with Crippen LogP contribution in [0.4, 0.5) is 0 Å². The number of hydrogen-bond donors (Lipinski definition) is 0. The van der Waals surface area contributed by atoms with Crippen LogP contribution in [0, 0.1) is 0 Å². The number of nitrogens with zero attached hydrogens (tertiary/aromatic N) is 1. The third-order valence-electron chi connectivity index (χ3n) is 1.69. The van der Waals surface area contributed by atoms with Crippen LogP contribution in [0.2, 0.25) is 5.02 Å². The highest BCUT2D eigenvalue weighted by Crippen LogP contribution is 2.11. The summed E-state index contributed by atoms with van der Waals surface area (Å²) >= 11 is 5.80. The summed E-state index contributed by atoms with van der Waals surface area (Å²) in [6.07, 6.45) is 3.27. The quantitative estimate of drug-likeness (QED) is 0.413. The normalized spacial score (nSPS) is 9.31. The molecule has 13 heavy (non-hydrogen) atoms. The van der Waals surface area contributed by atoms with Gasteiger partial charge in [-0.25, -0.2) is 9.79 Å². The van der Waals surface area contributed by atoms with Gasteiger partial charge in [-0.1, -0.05) is 23.7 Å². The van der Waals surface area contributed by atoms with Crippen molar-refractivity contribution in [2.75, 3.05) is 6.54 Å². The lowest BCUT2D eigenvalue weighted by Gasteiger charge is -1.98. The number of benzene rings is 1. The van der Waals surface area contributed by atoms with Crippen LogP contribution < -0.4 is 0 Å². The van der Waals surface area contributed by atoms with E-state index in [1.165, 1.54) is 11.6 Å². The lowest BCUT2D eigenvalue weighted by Crippen LogP contribution is -1.87. The van der Waals surface area contributed by atoms with Crippen LogP contribution in [-0.2, 0) is 11.2 Å². The second kappa shape index (κ2) is 5.52. The number of carbonyl (C=O) groups excluding carboxylic acids is 1. The third kappa shape index (κ3) is 3.88. The molecule has 0 saturated heterocycles. The van der Waals surface area contributed by atoms with Gasteiger partial charge in [0.25, 0.3) is 0 Å². The maximum atomic E-state index is 9.76. The van der Waals surface area contributed by atoms with E-state index in [2.05, 4.69) is 4.99 Å². The Hall–Kier alpha value is -1.11. The molecule has 2 nitrogen and oxygen atoms in total. The van der Waals surface area contributed by atoms with Gasteiger partial charge in [-0.05, 0) is 30.5 Å².